The molecule has 0 bridgehead atoms. The molecular weight excluding hydrogens is 418 g/mol. The molecule has 2 aromatic carbocycles. The van der Waals surface area contributed by atoms with Gasteiger partial charge in [-0.25, -0.2) is 13.4 Å². The van der Waals surface area contributed by atoms with Crippen LogP contribution in [0.2, 0.25) is 0 Å². The highest BCUT2D eigenvalue weighted by molar-refractivity contribution is 7.93. The van der Waals surface area contributed by atoms with Crippen LogP contribution in [0, 0.1) is 0 Å². The third-order valence-corrected chi connectivity index (χ3v) is 6.71. The van der Waals surface area contributed by atoms with Gasteiger partial charge in [0.2, 0.25) is 15.9 Å². The molecule has 1 amide bonds. The molecule has 0 spiro atoms. The van der Waals surface area contributed by atoms with E-state index < -0.39 is 15.9 Å². The molecule has 1 saturated heterocycles. The lowest BCUT2D eigenvalue weighted by molar-refractivity contribution is 0.102. The van der Waals surface area contributed by atoms with Gasteiger partial charge in [0.25, 0.3) is 5.91 Å². The number of carbonyl (C=O) groups is 1. The summed E-state index contributed by atoms with van der Waals surface area (Å²) in [6.45, 7) is 0.680. The normalized spacial score (nSPS) is 14.9. The number of hydrogen-bond donors (Lipinski definition) is 2. The number of rotatable bonds is 6. The van der Waals surface area contributed by atoms with Crippen LogP contribution in [-0.4, -0.2) is 36.7 Å². The number of pyridine rings is 1. The summed E-state index contributed by atoms with van der Waals surface area (Å²) in [5.74, 6) is -0.275. The van der Waals surface area contributed by atoms with Crippen molar-refractivity contribution in [1.82, 2.24) is 4.98 Å². The van der Waals surface area contributed by atoms with Crippen LogP contribution in [0.3, 0.4) is 0 Å². The van der Waals surface area contributed by atoms with E-state index in [0.717, 1.165) is 5.56 Å². The van der Waals surface area contributed by atoms with E-state index in [4.69, 9.17) is 4.74 Å². The quantitative estimate of drug-likeness (QED) is 0.571. The fraction of sp³-hybridized carbons (Fsp3) is 0.182. The maximum absolute atomic E-state index is 12.7. The molecule has 1 aliphatic heterocycles. The average molecular weight is 439 g/mol. The number of amides is 1. The Hall–Kier alpha value is -3.59. The van der Waals surface area contributed by atoms with Crippen molar-refractivity contribution in [3.8, 4) is 11.6 Å². The van der Waals surface area contributed by atoms with E-state index in [0.29, 0.717) is 25.3 Å². The van der Waals surface area contributed by atoms with Crippen LogP contribution < -0.4 is 14.4 Å². The fourth-order valence-corrected chi connectivity index (χ4v) is 4.82. The summed E-state index contributed by atoms with van der Waals surface area (Å²) < 4.78 is 31.3. The predicted molar refractivity (Wildman–Crippen MR) is 117 cm³/mol. The number of anilines is 2. The van der Waals surface area contributed by atoms with Crippen LogP contribution in [0.5, 0.6) is 11.6 Å². The molecule has 160 valence electrons. The molecule has 0 aliphatic carbocycles. The number of phenols is 1. The van der Waals surface area contributed by atoms with Crippen LogP contribution in [0.1, 0.15) is 22.3 Å². The molecule has 9 heteroatoms. The lowest BCUT2D eigenvalue weighted by Crippen LogP contribution is -2.25. The van der Waals surface area contributed by atoms with Gasteiger partial charge >= 0.3 is 0 Å². The number of nitrogens with zero attached hydrogens (tertiary/aromatic N) is 2. The Bertz CT molecular complexity index is 1200. The molecule has 1 aliphatic rings. The molecule has 4 rings (SSSR count). The maximum atomic E-state index is 12.7. The third kappa shape index (κ3) is 4.77. The molecule has 0 radical (unpaired) electrons. The van der Waals surface area contributed by atoms with Crippen LogP contribution in [0.15, 0.2) is 66.9 Å². The second-order valence-corrected chi connectivity index (χ2v) is 9.07. The van der Waals surface area contributed by atoms with Gasteiger partial charge in [-0.2, -0.15) is 0 Å². The Kier molecular flexibility index (Phi) is 5.77. The number of carbonyl (C=O) groups excluding carboxylic acids is 1. The van der Waals surface area contributed by atoms with Crippen molar-refractivity contribution in [2.45, 2.75) is 13.0 Å². The van der Waals surface area contributed by atoms with Crippen molar-refractivity contribution in [2.24, 2.45) is 0 Å². The van der Waals surface area contributed by atoms with Crippen LogP contribution >= 0.6 is 0 Å². The van der Waals surface area contributed by atoms with Gasteiger partial charge in [-0.15, -0.1) is 0 Å². The standard InChI is InChI=1S/C22H21N3O5S/c26-20-8-7-18(25-11-4-12-31(25,28)29)14-19(20)24-22(27)17-9-10-23-21(13-17)30-15-16-5-2-1-3-6-16/h1-3,5-10,13-14,26H,4,11-12,15H2,(H,24,27). The summed E-state index contributed by atoms with van der Waals surface area (Å²) in [6, 6.07) is 16.9. The van der Waals surface area contributed by atoms with E-state index in [2.05, 4.69) is 10.3 Å². The predicted octanol–water partition coefficient (Wildman–Crippen LogP) is 3.16. The third-order valence-electron chi connectivity index (χ3n) is 4.84. The van der Waals surface area contributed by atoms with Gasteiger partial charge < -0.3 is 15.2 Å². The second-order valence-electron chi connectivity index (χ2n) is 7.05. The molecule has 31 heavy (non-hydrogen) atoms. The highest BCUT2D eigenvalue weighted by atomic mass is 32.2. The van der Waals surface area contributed by atoms with E-state index in [1.165, 1.54) is 40.8 Å². The number of nitrogens with one attached hydrogen (secondary N) is 1. The van der Waals surface area contributed by atoms with Crippen molar-refractivity contribution >= 4 is 27.3 Å². The van der Waals surface area contributed by atoms with Crippen molar-refractivity contribution in [2.75, 3.05) is 21.9 Å². The number of phenolic OH excluding ortho intramolecular Hbond substituents is 1. The minimum absolute atomic E-state index is 0.0817. The first-order chi connectivity index (χ1) is 14.9. The molecule has 1 fully saturated rings. The van der Waals surface area contributed by atoms with Gasteiger partial charge in [-0.3, -0.25) is 9.10 Å². The van der Waals surface area contributed by atoms with E-state index in [1.807, 2.05) is 30.3 Å². The van der Waals surface area contributed by atoms with Crippen molar-refractivity contribution in [3.63, 3.8) is 0 Å². The highest BCUT2D eigenvalue weighted by Gasteiger charge is 2.29. The summed E-state index contributed by atoms with van der Waals surface area (Å²) in [5, 5.41) is 12.8. The summed E-state index contributed by atoms with van der Waals surface area (Å²) in [4.78, 5) is 16.8. The fourth-order valence-electron chi connectivity index (χ4n) is 3.26. The minimum Gasteiger partial charge on any atom is -0.506 e. The van der Waals surface area contributed by atoms with Crippen molar-refractivity contribution < 1.29 is 23.1 Å². The number of sulfonamides is 1. The smallest absolute Gasteiger partial charge is 0.256 e. The van der Waals surface area contributed by atoms with E-state index in [-0.39, 0.29) is 28.6 Å². The van der Waals surface area contributed by atoms with Crippen molar-refractivity contribution in [3.05, 3.63) is 78.0 Å². The van der Waals surface area contributed by atoms with Gasteiger partial charge in [0.1, 0.15) is 12.4 Å². The van der Waals surface area contributed by atoms with Gasteiger partial charge in [-0.05, 0) is 36.2 Å². The summed E-state index contributed by atoms with van der Waals surface area (Å²) in [6.07, 6.45) is 2.00. The number of aromatic hydroxyl groups is 1. The Morgan fingerprint density at radius 1 is 1.13 bits per heavy atom. The molecule has 8 nitrogen and oxygen atoms in total. The zero-order valence-electron chi connectivity index (χ0n) is 16.6. The summed E-state index contributed by atoms with van der Waals surface area (Å²) in [5.41, 5.74) is 1.77. The summed E-state index contributed by atoms with van der Waals surface area (Å²) in [7, 11) is -3.37. The molecule has 1 aromatic heterocycles. The first-order valence-corrected chi connectivity index (χ1v) is 11.3. The zero-order valence-corrected chi connectivity index (χ0v) is 17.4. The first kappa shape index (κ1) is 20.7. The Balaban J connectivity index is 1.49. The summed E-state index contributed by atoms with van der Waals surface area (Å²) >= 11 is 0. The lowest BCUT2D eigenvalue weighted by Gasteiger charge is -2.18. The van der Waals surface area contributed by atoms with Gasteiger partial charge in [0.05, 0.1) is 17.1 Å². The molecular formula is C22H21N3O5S. The lowest BCUT2D eigenvalue weighted by atomic mass is 10.2. The van der Waals surface area contributed by atoms with E-state index in [1.54, 1.807) is 0 Å². The second kappa shape index (κ2) is 8.65. The highest BCUT2D eigenvalue weighted by Crippen LogP contribution is 2.32. The average Bonchev–Trinajstić information content (AvgIpc) is 3.13. The van der Waals surface area contributed by atoms with Crippen LogP contribution in [0.25, 0.3) is 0 Å². The van der Waals surface area contributed by atoms with E-state index in [9.17, 15) is 18.3 Å². The number of hydrogen-bond acceptors (Lipinski definition) is 6. The molecule has 2 N–H and O–H groups in total. The number of aromatic nitrogens is 1. The Morgan fingerprint density at radius 3 is 2.68 bits per heavy atom. The van der Waals surface area contributed by atoms with Gasteiger partial charge in [0.15, 0.2) is 0 Å². The van der Waals surface area contributed by atoms with Gasteiger partial charge in [-0.1, -0.05) is 30.3 Å². The van der Waals surface area contributed by atoms with Crippen LogP contribution in [-0.2, 0) is 16.6 Å². The minimum atomic E-state index is -3.37. The maximum Gasteiger partial charge on any atom is 0.256 e. The number of benzene rings is 2. The van der Waals surface area contributed by atoms with Crippen molar-refractivity contribution in [1.29, 1.82) is 0 Å². The molecule has 0 unspecified atom stereocenters. The topological polar surface area (TPSA) is 109 Å². The molecule has 3 aromatic rings. The van der Waals surface area contributed by atoms with Gasteiger partial charge in [0, 0.05) is 24.4 Å². The Labute approximate surface area is 180 Å². The van der Waals surface area contributed by atoms with E-state index >= 15 is 0 Å². The first-order valence-electron chi connectivity index (χ1n) is 9.70. The molecule has 0 saturated carbocycles. The number of ether oxygens (including phenoxy) is 1. The zero-order chi connectivity index (χ0) is 21.8. The monoisotopic (exact) mass is 439 g/mol. The SMILES string of the molecule is O=C(Nc1cc(N2CCCS2(=O)=O)ccc1O)c1ccnc(OCc2ccccc2)c1. The molecule has 0 atom stereocenters. The molecule has 2 heterocycles. The Morgan fingerprint density at radius 2 is 1.94 bits per heavy atom. The van der Waals surface area contributed by atoms with Crippen LogP contribution in [0.4, 0.5) is 11.4 Å². The largest absolute Gasteiger partial charge is 0.506 e.